The van der Waals surface area contributed by atoms with Crippen LogP contribution in [0.2, 0.25) is 0 Å². The summed E-state index contributed by atoms with van der Waals surface area (Å²) < 4.78 is 13.1. The fourth-order valence-corrected chi connectivity index (χ4v) is 1.12. The van der Waals surface area contributed by atoms with Gasteiger partial charge >= 0.3 is 0 Å². The molecule has 2 nitrogen and oxygen atoms in total. The van der Waals surface area contributed by atoms with Crippen LogP contribution in [0.25, 0.3) is 0 Å². The van der Waals surface area contributed by atoms with E-state index in [2.05, 4.69) is 5.32 Å². The molecule has 3 heteroatoms. The first-order valence-corrected chi connectivity index (χ1v) is 4.56. The quantitative estimate of drug-likeness (QED) is 0.742. The topological polar surface area (TPSA) is 35.8 Å². The average molecular weight is 192 g/mol. The number of nitriles is 1. The lowest BCUT2D eigenvalue weighted by molar-refractivity contribution is 0.612. The molecule has 14 heavy (non-hydrogen) atoms. The summed E-state index contributed by atoms with van der Waals surface area (Å²) in [5.41, 5.74) is 1.57. The average Bonchev–Trinajstić information content (AvgIpc) is 2.18. The molecule has 0 unspecified atom stereocenters. The van der Waals surface area contributed by atoms with Crippen LogP contribution >= 0.6 is 0 Å². The Morgan fingerprint density at radius 1 is 1.50 bits per heavy atom. The molecular formula is C11H13FN2. The Hall–Kier alpha value is -1.40. The van der Waals surface area contributed by atoms with Crippen molar-refractivity contribution in [2.75, 3.05) is 6.54 Å². The van der Waals surface area contributed by atoms with E-state index in [0.717, 1.165) is 5.56 Å². The van der Waals surface area contributed by atoms with Crippen LogP contribution in [0.4, 0.5) is 4.39 Å². The summed E-state index contributed by atoms with van der Waals surface area (Å²) in [6.45, 7) is 2.99. The van der Waals surface area contributed by atoms with E-state index in [1.807, 2.05) is 12.1 Å². The molecule has 0 saturated carbocycles. The lowest BCUT2D eigenvalue weighted by Crippen LogP contribution is -2.14. The zero-order valence-electron chi connectivity index (χ0n) is 8.18. The number of hydrogen-bond donors (Lipinski definition) is 1. The van der Waals surface area contributed by atoms with Gasteiger partial charge in [-0.25, -0.2) is 4.39 Å². The van der Waals surface area contributed by atoms with E-state index in [1.54, 1.807) is 13.0 Å². The number of rotatable bonds is 4. The van der Waals surface area contributed by atoms with Gasteiger partial charge in [0.2, 0.25) is 0 Å². The largest absolute Gasteiger partial charge is 0.312 e. The Balaban J connectivity index is 2.44. The number of nitrogens with one attached hydrogen (secondary N) is 1. The molecule has 0 amide bonds. The van der Waals surface area contributed by atoms with E-state index in [0.29, 0.717) is 25.1 Å². The zero-order chi connectivity index (χ0) is 10.4. The Kier molecular flexibility index (Phi) is 4.09. The summed E-state index contributed by atoms with van der Waals surface area (Å²) in [4.78, 5) is 0. The third kappa shape index (κ3) is 3.15. The molecular weight excluding hydrogens is 179 g/mol. The van der Waals surface area contributed by atoms with Gasteiger partial charge in [0, 0.05) is 19.5 Å². The minimum absolute atomic E-state index is 0.176. The van der Waals surface area contributed by atoms with Crippen LogP contribution in [0.15, 0.2) is 18.2 Å². The SMILES string of the molecule is Cc1ccc(CNCCC#N)cc1F. The molecule has 0 aliphatic rings. The lowest BCUT2D eigenvalue weighted by atomic mass is 10.1. The van der Waals surface area contributed by atoms with Crippen LogP contribution in [0.1, 0.15) is 17.5 Å². The Morgan fingerprint density at radius 2 is 2.29 bits per heavy atom. The van der Waals surface area contributed by atoms with E-state index in [9.17, 15) is 4.39 Å². The first-order valence-electron chi connectivity index (χ1n) is 4.56. The molecule has 0 heterocycles. The fourth-order valence-electron chi connectivity index (χ4n) is 1.12. The molecule has 0 fully saturated rings. The van der Waals surface area contributed by atoms with Crippen LogP contribution in [-0.2, 0) is 6.54 Å². The summed E-state index contributed by atoms with van der Waals surface area (Å²) in [5, 5.41) is 11.4. The molecule has 0 bridgehead atoms. The highest BCUT2D eigenvalue weighted by molar-refractivity contribution is 5.23. The van der Waals surface area contributed by atoms with Crippen molar-refractivity contribution >= 4 is 0 Å². The standard InChI is InChI=1S/C11H13FN2/c1-9-3-4-10(7-11(9)12)8-14-6-2-5-13/h3-4,7,14H,2,6,8H2,1H3. The summed E-state index contributed by atoms with van der Waals surface area (Å²) in [5.74, 6) is -0.176. The van der Waals surface area contributed by atoms with E-state index in [-0.39, 0.29) is 5.82 Å². The third-order valence-electron chi connectivity index (χ3n) is 1.98. The minimum Gasteiger partial charge on any atom is -0.312 e. The Morgan fingerprint density at radius 3 is 2.93 bits per heavy atom. The predicted octanol–water partition coefficient (Wildman–Crippen LogP) is 2.14. The van der Waals surface area contributed by atoms with Gasteiger partial charge in [-0.3, -0.25) is 0 Å². The molecule has 0 aromatic heterocycles. The molecule has 1 aromatic rings. The van der Waals surface area contributed by atoms with E-state index < -0.39 is 0 Å². The highest BCUT2D eigenvalue weighted by atomic mass is 19.1. The number of halogens is 1. The smallest absolute Gasteiger partial charge is 0.126 e. The highest BCUT2D eigenvalue weighted by Gasteiger charge is 1.98. The first kappa shape index (κ1) is 10.7. The molecule has 1 aromatic carbocycles. The van der Waals surface area contributed by atoms with Crippen molar-refractivity contribution in [3.63, 3.8) is 0 Å². The molecule has 0 aliphatic heterocycles. The molecule has 0 spiro atoms. The third-order valence-corrected chi connectivity index (χ3v) is 1.98. The highest BCUT2D eigenvalue weighted by Crippen LogP contribution is 2.08. The van der Waals surface area contributed by atoms with Crippen molar-refractivity contribution < 1.29 is 4.39 Å². The Labute approximate surface area is 83.4 Å². The second-order valence-electron chi connectivity index (χ2n) is 3.17. The van der Waals surface area contributed by atoms with Gasteiger partial charge < -0.3 is 5.32 Å². The molecule has 0 saturated heterocycles. The van der Waals surface area contributed by atoms with Gasteiger partial charge in [0.05, 0.1) is 6.07 Å². The second kappa shape index (κ2) is 5.36. The van der Waals surface area contributed by atoms with Gasteiger partial charge in [-0.1, -0.05) is 12.1 Å². The van der Waals surface area contributed by atoms with Gasteiger partial charge in [0.25, 0.3) is 0 Å². The molecule has 0 aliphatic carbocycles. The predicted molar refractivity (Wildman–Crippen MR) is 53.1 cm³/mol. The fraction of sp³-hybridized carbons (Fsp3) is 0.364. The van der Waals surface area contributed by atoms with Crippen LogP contribution in [0.3, 0.4) is 0 Å². The van der Waals surface area contributed by atoms with Crippen LogP contribution in [0, 0.1) is 24.1 Å². The van der Waals surface area contributed by atoms with Gasteiger partial charge in [-0.2, -0.15) is 5.26 Å². The number of hydrogen-bond acceptors (Lipinski definition) is 2. The van der Waals surface area contributed by atoms with Gasteiger partial charge in [-0.15, -0.1) is 0 Å². The molecule has 0 atom stereocenters. The maximum absolute atomic E-state index is 13.1. The molecule has 1 N–H and O–H groups in total. The minimum atomic E-state index is -0.176. The molecule has 0 radical (unpaired) electrons. The van der Waals surface area contributed by atoms with Crippen molar-refractivity contribution in [1.29, 1.82) is 5.26 Å². The number of aryl methyl sites for hydroxylation is 1. The molecule has 1 rings (SSSR count). The lowest BCUT2D eigenvalue weighted by Gasteiger charge is -2.03. The second-order valence-corrected chi connectivity index (χ2v) is 3.17. The van der Waals surface area contributed by atoms with Gasteiger partial charge in [-0.05, 0) is 24.1 Å². The van der Waals surface area contributed by atoms with Crippen molar-refractivity contribution in [3.05, 3.63) is 35.1 Å². The summed E-state index contributed by atoms with van der Waals surface area (Å²) in [6.07, 6.45) is 0.480. The summed E-state index contributed by atoms with van der Waals surface area (Å²) >= 11 is 0. The van der Waals surface area contributed by atoms with Crippen molar-refractivity contribution in [1.82, 2.24) is 5.32 Å². The van der Waals surface area contributed by atoms with E-state index in [1.165, 1.54) is 6.07 Å². The van der Waals surface area contributed by atoms with Crippen molar-refractivity contribution in [2.45, 2.75) is 19.9 Å². The van der Waals surface area contributed by atoms with Crippen LogP contribution in [0.5, 0.6) is 0 Å². The monoisotopic (exact) mass is 192 g/mol. The van der Waals surface area contributed by atoms with E-state index in [4.69, 9.17) is 5.26 Å². The normalized spacial score (nSPS) is 9.79. The summed E-state index contributed by atoms with van der Waals surface area (Å²) in [7, 11) is 0. The zero-order valence-corrected chi connectivity index (χ0v) is 8.18. The first-order chi connectivity index (χ1) is 6.74. The number of benzene rings is 1. The Bertz CT molecular complexity index is 342. The van der Waals surface area contributed by atoms with E-state index >= 15 is 0 Å². The van der Waals surface area contributed by atoms with Gasteiger partial charge in [0.1, 0.15) is 5.82 Å². The molecule has 74 valence electrons. The van der Waals surface area contributed by atoms with Crippen molar-refractivity contribution in [3.8, 4) is 6.07 Å². The van der Waals surface area contributed by atoms with Crippen LogP contribution in [-0.4, -0.2) is 6.54 Å². The van der Waals surface area contributed by atoms with Gasteiger partial charge in [0.15, 0.2) is 0 Å². The maximum atomic E-state index is 13.1. The summed E-state index contributed by atoms with van der Waals surface area (Å²) in [6, 6.07) is 7.21. The number of nitrogens with zero attached hydrogens (tertiary/aromatic N) is 1. The van der Waals surface area contributed by atoms with Crippen LogP contribution < -0.4 is 5.32 Å². The maximum Gasteiger partial charge on any atom is 0.126 e. The van der Waals surface area contributed by atoms with Crippen molar-refractivity contribution in [2.24, 2.45) is 0 Å².